The Hall–Kier alpha value is -3.29. The predicted octanol–water partition coefficient (Wildman–Crippen LogP) is 4.80. The van der Waals surface area contributed by atoms with Crippen LogP contribution < -0.4 is 10.1 Å². The minimum Gasteiger partial charge on any atom is -0.406 e. The monoisotopic (exact) mass is 418 g/mol. The first-order chi connectivity index (χ1) is 14.1. The smallest absolute Gasteiger partial charge is 0.406 e. The van der Waals surface area contributed by atoms with E-state index >= 15 is 0 Å². The topological polar surface area (TPSA) is 58.6 Å². The number of anilines is 1. The van der Waals surface area contributed by atoms with Gasteiger partial charge in [0.05, 0.1) is 5.57 Å². The molecule has 0 aliphatic carbocycles. The molecule has 1 N–H and O–H groups in total. The first-order valence-corrected chi connectivity index (χ1v) is 9.41. The van der Waals surface area contributed by atoms with Crippen LogP contribution in [0.4, 0.5) is 18.9 Å². The summed E-state index contributed by atoms with van der Waals surface area (Å²) in [5.41, 5.74) is 3.33. The third kappa shape index (κ3) is 4.48. The zero-order valence-electron chi connectivity index (χ0n) is 16.8. The highest BCUT2D eigenvalue weighted by atomic mass is 19.4. The van der Waals surface area contributed by atoms with Crippen LogP contribution in [0, 0.1) is 13.8 Å². The standard InChI is InChI=1S/C22H21F3N2O3/c1-4-11-27-20(28)18(15-6-5-13(2)14(3)12-15)19(21(27)29)26-16-7-9-17(10-8-16)30-22(23,24)25/h5-10,12,26H,4,11H2,1-3H3. The molecule has 0 spiro atoms. The average molecular weight is 418 g/mol. The molecule has 2 aromatic carbocycles. The molecule has 0 saturated heterocycles. The largest absolute Gasteiger partial charge is 0.573 e. The van der Waals surface area contributed by atoms with Crippen molar-refractivity contribution in [2.75, 3.05) is 11.9 Å². The van der Waals surface area contributed by atoms with E-state index in [9.17, 15) is 22.8 Å². The minimum atomic E-state index is -4.79. The number of ether oxygens (including phenoxy) is 1. The van der Waals surface area contributed by atoms with Gasteiger partial charge in [-0.2, -0.15) is 0 Å². The first kappa shape index (κ1) is 21.4. The molecule has 1 aliphatic heterocycles. The number of amides is 2. The van der Waals surface area contributed by atoms with Crippen LogP contribution in [0.3, 0.4) is 0 Å². The van der Waals surface area contributed by atoms with Gasteiger partial charge < -0.3 is 10.1 Å². The molecule has 0 aromatic heterocycles. The van der Waals surface area contributed by atoms with E-state index in [1.165, 1.54) is 17.0 Å². The highest BCUT2D eigenvalue weighted by Crippen LogP contribution is 2.32. The van der Waals surface area contributed by atoms with Crippen LogP contribution in [0.15, 0.2) is 48.2 Å². The van der Waals surface area contributed by atoms with Crippen molar-refractivity contribution in [2.45, 2.75) is 33.6 Å². The van der Waals surface area contributed by atoms with Gasteiger partial charge in [0.15, 0.2) is 0 Å². The van der Waals surface area contributed by atoms with Crippen LogP contribution in [0.2, 0.25) is 0 Å². The number of nitrogens with one attached hydrogen (secondary N) is 1. The van der Waals surface area contributed by atoms with Crippen LogP contribution in [0.1, 0.15) is 30.0 Å². The molecule has 2 aromatic rings. The zero-order chi connectivity index (χ0) is 22.1. The lowest BCUT2D eigenvalue weighted by atomic mass is 9.99. The Bertz CT molecular complexity index is 1010. The molecule has 0 saturated carbocycles. The molecular formula is C22H21F3N2O3. The Morgan fingerprint density at radius 2 is 1.63 bits per heavy atom. The van der Waals surface area contributed by atoms with Gasteiger partial charge in [-0.25, -0.2) is 0 Å². The summed E-state index contributed by atoms with van der Waals surface area (Å²) in [5, 5.41) is 2.91. The third-order valence-electron chi connectivity index (χ3n) is 4.77. The van der Waals surface area contributed by atoms with Crippen molar-refractivity contribution < 1.29 is 27.5 Å². The van der Waals surface area contributed by atoms with Crippen LogP contribution in [-0.4, -0.2) is 29.6 Å². The summed E-state index contributed by atoms with van der Waals surface area (Å²) in [6.07, 6.45) is -4.18. The number of carbonyl (C=O) groups excluding carboxylic acids is 2. The highest BCUT2D eigenvalue weighted by molar-refractivity contribution is 6.36. The van der Waals surface area contributed by atoms with Gasteiger partial charge in [-0.15, -0.1) is 13.2 Å². The number of carbonyl (C=O) groups is 2. The number of aryl methyl sites for hydroxylation is 2. The minimum absolute atomic E-state index is 0.0983. The number of nitrogens with zero attached hydrogens (tertiary/aromatic N) is 1. The van der Waals surface area contributed by atoms with Crippen LogP contribution >= 0.6 is 0 Å². The van der Waals surface area contributed by atoms with Crippen LogP contribution in [0.25, 0.3) is 5.57 Å². The molecule has 158 valence electrons. The van der Waals surface area contributed by atoms with E-state index < -0.39 is 18.2 Å². The number of hydrogen-bond donors (Lipinski definition) is 1. The Morgan fingerprint density at radius 1 is 0.967 bits per heavy atom. The SMILES string of the molecule is CCCN1C(=O)C(Nc2ccc(OC(F)(F)F)cc2)=C(c2ccc(C)c(C)c2)C1=O. The van der Waals surface area contributed by atoms with Crippen molar-refractivity contribution in [3.05, 3.63) is 64.9 Å². The molecular weight excluding hydrogens is 397 g/mol. The fourth-order valence-electron chi connectivity index (χ4n) is 3.17. The fraction of sp³-hybridized carbons (Fsp3) is 0.273. The summed E-state index contributed by atoms with van der Waals surface area (Å²) >= 11 is 0. The molecule has 1 aliphatic rings. The van der Waals surface area contributed by atoms with Gasteiger partial charge in [0.2, 0.25) is 0 Å². The number of hydrogen-bond acceptors (Lipinski definition) is 4. The van der Waals surface area contributed by atoms with Crippen molar-refractivity contribution in [3.63, 3.8) is 0 Å². The van der Waals surface area contributed by atoms with Gasteiger partial charge in [-0.05, 0) is 61.2 Å². The molecule has 0 atom stereocenters. The maximum absolute atomic E-state index is 13.0. The molecule has 3 rings (SSSR count). The summed E-state index contributed by atoms with van der Waals surface area (Å²) in [4.78, 5) is 27.1. The second-order valence-electron chi connectivity index (χ2n) is 7.01. The van der Waals surface area contributed by atoms with Crippen molar-refractivity contribution in [1.82, 2.24) is 4.90 Å². The summed E-state index contributed by atoms with van der Waals surface area (Å²) in [7, 11) is 0. The second kappa shape index (κ2) is 8.22. The number of rotatable bonds is 6. The average Bonchev–Trinajstić information content (AvgIpc) is 2.89. The van der Waals surface area contributed by atoms with Gasteiger partial charge in [0, 0.05) is 12.2 Å². The van der Waals surface area contributed by atoms with Gasteiger partial charge in [0.1, 0.15) is 11.4 Å². The maximum Gasteiger partial charge on any atom is 0.573 e. The predicted molar refractivity (Wildman–Crippen MR) is 107 cm³/mol. The molecule has 5 nitrogen and oxygen atoms in total. The summed E-state index contributed by atoms with van der Waals surface area (Å²) < 4.78 is 40.9. The van der Waals surface area contributed by atoms with Gasteiger partial charge in [-0.1, -0.05) is 25.1 Å². The van der Waals surface area contributed by atoms with Crippen molar-refractivity contribution >= 4 is 23.1 Å². The fourth-order valence-corrected chi connectivity index (χ4v) is 3.17. The normalized spacial score (nSPS) is 14.5. The van der Waals surface area contributed by atoms with E-state index in [4.69, 9.17) is 0 Å². The Kier molecular flexibility index (Phi) is 5.87. The Labute approximate surface area is 172 Å². The highest BCUT2D eigenvalue weighted by Gasteiger charge is 2.38. The molecule has 2 amide bonds. The summed E-state index contributed by atoms with van der Waals surface area (Å²) in [6.45, 7) is 6.00. The third-order valence-corrected chi connectivity index (χ3v) is 4.77. The number of alkyl halides is 3. The first-order valence-electron chi connectivity index (χ1n) is 9.41. The molecule has 0 unspecified atom stereocenters. The second-order valence-corrected chi connectivity index (χ2v) is 7.01. The number of halogens is 3. The van der Waals surface area contributed by atoms with E-state index in [-0.39, 0.29) is 23.6 Å². The van der Waals surface area contributed by atoms with Gasteiger partial charge >= 0.3 is 6.36 Å². The molecule has 8 heteroatoms. The van der Waals surface area contributed by atoms with Gasteiger partial charge in [-0.3, -0.25) is 14.5 Å². The molecule has 0 bridgehead atoms. The zero-order valence-corrected chi connectivity index (χ0v) is 16.8. The van der Waals surface area contributed by atoms with E-state index in [1.54, 1.807) is 6.07 Å². The van der Waals surface area contributed by atoms with Crippen LogP contribution in [-0.2, 0) is 9.59 Å². The lowest BCUT2D eigenvalue weighted by Crippen LogP contribution is -2.33. The van der Waals surface area contributed by atoms with E-state index in [2.05, 4.69) is 10.1 Å². The lowest BCUT2D eigenvalue weighted by Gasteiger charge is -2.14. The van der Waals surface area contributed by atoms with E-state index in [0.717, 1.165) is 23.3 Å². The lowest BCUT2D eigenvalue weighted by molar-refractivity contribution is -0.274. The quantitative estimate of drug-likeness (QED) is 0.685. The van der Waals surface area contributed by atoms with Crippen molar-refractivity contribution in [2.24, 2.45) is 0 Å². The van der Waals surface area contributed by atoms with E-state index in [0.29, 0.717) is 17.7 Å². The molecule has 0 radical (unpaired) electrons. The molecule has 0 fully saturated rings. The Balaban J connectivity index is 1.98. The van der Waals surface area contributed by atoms with Gasteiger partial charge in [0.25, 0.3) is 11.8 Å². The number of imide groups is 1. The van der Waals surface area contributed by atoms with E-state index in [1.807, 2.05) is 32.9 Å². The summed E-state index contributed by atoms with van der Waals surface area (Å²) in [6, 6.07) is 10.5. The maximum atomic E-state index is 13.0. The molecule has 30 heavy (non-hydrogen) atoms. The Morgan fingerprint density at radius 3 is 2.20 bits per heavy atom. The summed E-state index contributed by atoms with van der Waals surface area (Å²) in [5.74, 6) is -1.24. The molecule has 1 heterocycles. The van der Waals surface area contributed by atoms with Crippen LogP contribution in [0.5, 0.6) is 5.75 Å². The number of benzene rings is 2. The van der Waals surface area contributed by atoms with Crippen molar-refractivity contribution in [3.8, 4) is 5.75 Å². The van der Waals surface area contributed by atoms with Crippen molar-refractivity contribution in [1.29, 1.82) is 0 Å².